The fourth-order valence-electron chi connectivity index (χ4n) is 3.28. The van der Waals surface area contributed by atoms with Gasteiger partial charge in [-0.25, -0.2) is 0 Å². The third-order valence-electron chi connectivity index (χ3n) is 4.89. The number of hydrogen-bond acceptors (Lipinski definition) is 4. The van der Waals surface area contributed by atoms with Gasteiger partial charge in [-0.1, -0.05) is 29.8 Å². The van der Waals surface area contributed by atoms with Crippen molar-refractivity contribution >= 4 is 34.8 Å². The molecule has 1 aromatic heterocycles. The van der Waals surface area contributed by atoms with E-state index in [4.69, 9.17) is 11.6 Å². The zero-order valence-electron chi connectivity index (χ0n) is 15.6. The zero-order chi connectivity index (χ0) is 19.4. The van der Waals surface area contributed by atoms with E-state index in [1.54, 1.807) is 0 Å². The molecule has 0 bridgehead atoms. The second-order valence-electron chi connectivity index (χ2n) is 6.70. The molecule has 7 heteroatoms. The third kappa shape index (κ3) is 4.89. The number of nitrogens with zero attached hydrogens (tertiary/aromatic N) is 2. The molecule has 1 fully saturated rings. The van der Waals surface area contributed by atoms with Crippen molar-refractivity contribution in [3.8, 4) is 0 Å². The van der Waals surface area contributed by atoms with Crippen molar-refractivity contribution in [3.05, 3.63) is 56.7 Å². The van der Waals surface area contributed by atoms with Gasteiger partial charge in [0.15, 0.2) is 0 Å². The summed E-state index contributed by atoms with van der Waals surface area (Å²) < 4.78 is 0. The molecule has 144 valence electrons. The van der Waals surface area contributed by atoms with Crippen LogP contribution in [0.1, 0.15) is 40.0 Å². The largest absolute Gasteiger partial charge is 0.351 e. The van der Waals surface area contributed by atoms with Gasteiger partial charge in [-0.3, -0.25) is 14.5 Å². The molecule has 2 amide bonds. The summed E-state index contributed by atoms with van der Waals surface area (Å²) in [6, 6.07) is 11.9. The normalized spacial score (nSPS) is 16.2. The fourth-order valence-corrected chi connectivity index (χ4v) is 4.49. The molecule has 2 heterocycles. The van der Waals surface area contributed by atoms with E-state index in [1.807, 2.05) is 35.2 Å². The van der Waals surface area contributed by atoms with Crippen LogP contribution in [0.15, 0.2) is 36.4 Å². The minimum absolute atomic E-state index is 0.0686. The first-order chi connectivity index (χ1) is 13.0. The van der Waals surface area contributed by atoms with Crippen LogP contribution in [0.5, 0.6) is 0 Å². The Balaban J connectivity index is 1.56. The van der Waals surface area contributed by atoms with Gasteiger partial charge in [0.05, 0.1) is 11.4 Å². The summed E-state index contributed by atoms with van der Waals surface area (Å²) in [6.45, 7) is 7.16. The average Bonchev–Trinajstić information content (AvgIpc) is 3.15. The van der Waals surface area contributed by atoms with Crippen molar-refractivity contribution < 1.29 is 9.59 Å². The Morgan fingerprint density at radius 2 is 1.85 bits per heavy atom. The summed E-state index contributed by atoms with van der Waals surface area (Å²) in [5, 5.41) is 3.55. The summed E-state index contributed by atoms with van der Waals surface area (Å²) in [4.78, 5) is 29.8. The number of halogens is 1. The van der Waals surface area contributed by atoms with Crippen molar-refractivity contribution in [1.29, 1.82) is 0 Å². The number of amides is 2. The zero-order valence-corrected chi connectivity index (χ0v) is 17.1. The number of piperazine rings is 1. The molecular weight excluding hydrogens is 382 g/mol. The number of hydrogen-bond donors (Lipinski definition) is 1. The highest BCUT2D eigenvalue weighted by atomic mass is 35.5. The molecule has 2 aromatic rings. The van der Waals surface area contributed by atoms with Crippen LogP contribution in [0.2, 0.25) is 5.02 Å². The Kier molecular flexibility index (Phi) is 6.52. The first-order valence-corrected chi connectivity index (χ1v) is 10.3. The molecule has 0 spiro atoms. The summed E-state index contributed by atoms with van der Waals surface area (Å²) in [6.07, 6.45) is 0. The maximum atomic E-state index is 12.8. The summed E-state index contributed by atoms with van der Waals surface area (Å²) >= 11 is 7.77. The van der Waals surface area contributed by atoms with E-state index in [1.165, 1.54) is 18.3 Å². The van der Waals surface area contributed by atoms with E-state index < -0.39 is 0 Å². The molecule has 1 aliphatic heterocycles. The van der Waals surface area contributed by atoms with Crippen LogP contribution in [-0.4, -0.2) is 47.8 Å². The molecule has 0 saturated carbocycles. The van der Waals surface area contributed by atoms with Crippen LogP contribution in [0, 0.1) is 0 Å². The summed E-state index contributed by atoms with van der Waals surface area (Å²) in [7, 11) is 0. The fraction of sp³-hybridized carbons (Fsp3) is 0.400. The molecule has 1 N–H and O–H groups in total. The second kappa shape index (κ2) is 8.87. The third-order valence-corrected chi connectivity index (χ3v) is 6.31. The molecular formula is C20H24ClN3O2S. The molecule has 1 atom stereocenters. The maximum absolute atomic E-state index is 12.8. The molecule has 1 aliphatic rings. The Labute approximate surface area is 168 Å². The van der Waals surface area contributed by atoms with Gasteiger partial charge in [0, 0.05) is 49.0 Å². The molecule has 0 radical (unpaired) electrons. The van der Waals surface area contributed by atoms with Gasteiger partial charge in [-0.15, -0.1) is 11.3 Å². The number of carbonyl (C=O) groups excluding carboxylic acids is 2. The first kappa shape index (κ1) is 19.9. The van der Waals surface area contributed by atoms with E-state index >= 15 is 0 Å². The lowest BCUT2D eigenvalue weighted by Crippen LogP contribution is -2.49. The van der Waals surface area contributed by atoms with Crippen LogP contribution in [0.4, 0.5) is 0 Å². The van der Waals surface area contributed by atoms with Gasteiger partial charge in [-0.05, 0) is 30.7 Å². The highest BCUT2D eigenvalue weighted by Gasteiger charge is 2.26. The molecule has 3 rings (SSSR count). The van der Waals surface area contributed by atoms with Crippen molar-refractivity contribution in [2.45, 2.75) is 26.4 Å². The van der Waals surface area contributed by atoms with Crippen LogP contribution < -0.4 is 5.32 Å². The topological polar surface area (TPSA) is 52.7 Å². The van der Waals surface area contributed by atoms with Crippen LogP contribution in [0.25, 0.3) is 0 Å². The number of carbonyl (C=O) groups is 2. The highest BCUT2D eigenvalue weighted by molar-refractivity contribution is 7.14. The Morgan fingerprint density at radius 1 is 1.15 bits per heavy atom. The lowest BCUT2D eigenvalue weighted by molar-refractivity contribution is -0.119. The molecule has 1 unspecified atom stereocenters. The first-order valence-electron chi connectivity index (χ1n) is 9.06. The van der Waals surface area contributed by atoms with Gasteiger partial charge < -0.3 is 10.2 Å². The Morgan fingerprint density at radius 3 is 2.52 bits per heavy atom. The molecule has 1 aromatic carbocycles. The van der Waals surface area contributed by atoms with Crippen LogP contribution in [0.3, 0.4) is 0 Å². The Bertz CT molecular complexity index is 815. The highest BCUT2D eigenvalue weighted by Crippen LogP contribution is 2.28. The van der Waals surface area contributed by atoms with Crippen molar-refractivity contribution in [3.63, 3.8) is 0 Å². The number of nitrogens with one attached hydrogen (secondary N) is 1. The predicted octanol–water partition coefficient (Wildman–Crippen LogP) is 3.56. The van der Waals surface area contributed by atoms with Crippen LogP contribution >= 0.6 is 22.9 Å². The number of rotatable bonds is 5. The Hall–Kier alpha value is -1.89. The van der Waals surface area contributed by atoms with Crippen LogP contribution in [-0.2, 0) is 11.3 Å². The van der Waals surface area contributed by atoms with Gasteiger partial charge >= 0.3 is 0 Å². The average molecular weight is 406 g/mol. The van der Waals surface area contributed by atoms with E-state index in [0.29, 0.717) is 19.6 Å². The minimum Gasteiger partial charge on any atom is -0.351 e. The quantitative estimate of drug-likeness (QED) is 0.827. The van der Waals surface area contributed by atoms with Gasteiger partial charge in [0.2, 0.25) is 5.91 Å². The number of benzene rings is 1. The SMILES string of the molecule is CC(=O)NCc1ccc(C(=O)N2CCN(C(C)c3ccccc3Cl)CC2)s1. The van der Waals surface area contributed by atoms with Crippen molar-refractivity contribution in [1.82, 2.24) is 15.1 Å². The second-order valence-corrected chi connectivity index (χ2v) is 8.28. The molecule has 5 nitrogen and oxygen atoms in total. The monoisotopic (exact) mass is 405 g/mol. The predicted molar refractivity (Wildman–Crippen MR) is 109 cm³/mol. The minimum atomic E-state index is -0.0694. The van der Waals surface area contributed by atoms with E-state index in [2.05, 4.69) is 23.2 Å². The smallest absolute Gasteiger partial charge is 0.264 e. The summed E-state index contributed by atoms with van der Waals surface area (Å²) in [5.74, 6) is -0.000778. The van der Waals surface area contributed by atoms with Gasteiger partial charge in [0.25, 0.3) is 5.91 Å². The van der Waals surface area contributed by atoms with E-state index in [9.17, 15) is 9.59 Å². The number of thiophene rings is 1. The maximum Gasteiger partial charge on any atom is 0.264 e. The standard InChI is InChI=1S/C20H24ClN3O2S/c1-14(17-5-3-4-6-18(17)21)23-9-11-24(12-10-23)20(26)19-8-7-16(27-19)13-22-15(2)25/h3-8,14H,9-13H2,1-2H3,(H,22,25). The lowest BCUT2D eigenvalue weighted by atomic mass is 10.1. The van der Waals surface area contributed by atoms with E-state index in [-0.39, 0.29) is 17.9 Å². The van der Waals surface area contributed by atoms with Crippen molar-refractivity contribution in [2.75, 3.05) is 26.2 Å². The van der Waals surface area contributed by atoms with Crippen molar-refractivity contribution in [2.24, 2.45) is 0 Å². The summed E-state index contributed by atoms with van der Waals surface area (Å²) in [5.41, 5.74) is 1.12. The van der Waals surface area contributed by atoms with E-state index in [0.717, 1.165) is 33.4 Å². The molecule has 0 aliphatic carbocycles. The lowest BCUT2D eigenvalue weighted by Gasteiger charge is -2.38. The molecule has 1 saturated heterocycles. The van der Waals surface area contributed by atoms with Gasteiger partial charge in [0.1, 0.15) is 0 Å². The molecule has 27 heavy (non-hydrogen) atoms. The van der Waals surface area contributed by atoms with Gasteiger partial charge in [-0.2, -0.15) is 0 Å².